The quantitative estimate of drug-likeness (QED) is 0.757. The van der Waals surface area contributed by atoms with Crippen LogP contribution in [0.3, 0.4) is 0 Å². The lowest BCUT2D eigenvalue weighted by Gasteiger charge is -2.36. The van der Waals surface area contributed by atoms with Crippen LogP contribution < -0.4 is 5.32 Å². The van der Waals surface area contributed by atoms with Crippen LogP contribution >= 0.6 is 11.6 Å². The van der Waals surface area contributed by atoms with E-state index >= 15 is 0 Å². The Bertz CT molecular complexity index is 893. The van der Waals surface area contributed by atoms with Crippen molar-refractivity contribution in [3.8, 4) is 0 Å². The number of carbonyl (C=O) groups is 2. The minimum Gasteiger partial charge on any atom is -0.340 e. The summed E-state index contributed by atoms with van der Waals surface area (Å²) in [6.45, 7) is 3.44. The molecular formula is C22H26ClFN4O2. The average molecular weight is 433 g/mol. The SMILES string of the molecule is CC(C(=O)N(C)Cc1cccc(F)c1)N1CCCC(C(=O)Nc2ccc(Cl)cn2)C1. The Balaban J connectivity index is 1.57. The van der Waals surface area contributed by atoms with Crippen LogP contribution in [0.2, 0.25) is 5.02 Å². The number of anilines is 1. The van der Waals surface area contributed by atoms with E-state index in [9.17, 15) is 14.0 Å². The van der Waals surface area contributed by atoms with E-state index in [1.54, 1.807) is 36.2 Å². The monoisotopic (exact) mass is 432 g/mol. The van der Waals surface area contributed by atoms with Gasteiger partial charge in [-0.2, -0.15) is 0 Å². The fourth-order valence-corrected chi connectivity index (χ4v) is 3.82. The normalized spacial score (nSPS) is 17.9. The highest BCUT2D eigenvalue weighted by Crippen LogP contribution is 2.21. The molecule has 1 aliphatic heterocycles. The number of pyridine rings is 1. The lowest BCUT2D eigenvalue weighted by atomic mass is 9.95. The van der Waals surface area contributed by atoms with Crippen LogP contribution in [0, 0.1) is 11.7 Å². The predicted octanol–water partition coefficient (Wildman–Crippen LogP) is 3.57. The van der Waals surface area contributed by atoms with Gasteiger partial charge in [-0.1, -0.05) is 23.7 Å². The first-order valence-electron chi connectivity index (χ1n) is 9.99. The lowest BCUT2D eigenvalue weighted by molar-refractivity contribution is -0.137. The second kappa shape index (κ2) is 10.00. The van der Waals surface area contributed by atoms with Gasteiger partial charge < -0.3 is 10.2 Å². The summed E-state index contributed by atoms with van der Waals surface area (Å²) in [6, 6.07) is 9.21. The Morgan fingerprint density at radius 1 is 1.37 bits per heavy atom. The number of amides is 2. The fraction of sp³-hybridized carbons (Fsp3) is 0.409. The molecule has 2 unspecified atom stereocenters. The van der Waals surface area contributed by atoms with Crippen molar-refractivity contribution < 1.29 is 14.0 Å². The zero-order valence-corrected chi connectivity index (χ0v) is 17.9. The van der Waals surface area contributed by atoms with Gasteiger partial charge in [0.15, 0.2) is 0 Å². The van der Waals surface area contributed by atoms with E-state index in [1.807, 2.05) is 11.8 Å². The Hall–Kier alpha value is -2.51. The molecule has 0 spiro atoms. The number of hydrogen-bond acceptors (Lipinski definition) is 4. The maximum atomic E-state index is 13.4. The van der Waals surface area contributed by atoms with Crippen LogP contribution in [0.1, 0.15) is 25.3 Å². The number of likely N-dealkylation sites (N-methyl/N-ethyl adjacent to an activating group) is 1. The van der Waals surface area contributed by atoms with Gasteiger partial charge in [0.05, 0.1) is 17.0 Å². The molecular weight excluding hydrogens is 407 g/mol. The molecule has 8 heteroatoms. The standard InChI is InChI=1S/C22H26ClFN4O2/c1-15(22(30)27(2)13-16-5-3-7-19(24)11-16)28-10-4-6-17(14-28)21(29)26-20-9-8-18(23)12-25-20/h3,5,7-9,11-12,15,17H,4,6,10,13-14H2,1-2H3,(H,25,26,29). The van der Waals surface area contributed by atoms with Gasteiger partial charge in [-0.25, -0.2) is 9.37 Å². The van der Waals surface area contributed by atoms with Crippen molar-refractivity contribution in [2.75, 3.05) is 25.5 Å². The molecule has 0 bridgehead atoms. The Kier molecular flexibility index (Phi) is 7.39. The largest absolute Gasteiger partial charge is 0.340 e. The molecule has 30 heavy (non-hydrogen) atoms. The molecule has 6 nitrogen and oxygen atoms in total. The zero-order chi connectivity index (χ0) is 21.7. The molecule has 1 aliphatic rings. The molecule has 2 heterocycles. The number of likely N-dealkylation sites (tertiary alicyclic amines) is 1. The lowest BCUT2D eigenvalue weighted by Crippen LogP contribution is -2.51. The number of carbonyl (C=O) groups excluding carboxylic acids is 2. The van der Waals surface area contributed by atoms with E-state index in [1.165, 1.54) is 18.3 Å². The van der Waals surface area contributed by atoms with Crippen molar-refractivity contribution in [1.82, 2.24) is 14.8 Å². The van der Waals surface area contributed by atoms with Gasteiger partial charge in [-0.05, 0) is 56.1 Å². The highest BCUT2D eigenvalue weighted by Gasteiger charge is 2.32. The highest BCUT2D eigenvalue weighted by molar-refractivity contribution is 6.30. The molecule has 160 valence electrons. The first kappa shape index (κ1) is 22.2. The second-order valence-corrected chi connectivity index (χ2v) is 8.12. The van der Waals surface area contributed by atoms with Gasteiger partial charge in [0.1, 0.15) is 11.6 Å². The van der Waals surface area contributed by atoms with Gasteiger partial charge in [0, 0.05) is 26.3 Å². The van der Waals surface area contributed by atoms with E-state index in [4.69, 9.17) is 11.6 Å². The number of aromatic nitrogens is 1. The summed E-state index contributed by atoms with van der Waals surface area (Å²) in [6.07, 6.45) is 3.08. The number of hydrogen-bond donors (Lipinski definition) is 1. The minimum absolute atomic E-state index is 0.0558. The summed E-state index contributed by atoms with van der Waals surface area (Å²) < 4.78 is 13.4. The van der Waals surface area contributed by atoms with Crippen LogP contribution in [0.25, 0.3) is 0 Å². The van der Waals surface area contributed by atoms with Gasteiger partial charge in [-0.15, -0.1) is 0 Å². The van der Waals surface area contributed by atoms with E-state index in [-0.39, 0.29) is 29.6 Å². The van der Waals surface area contributed by atoms with Crippen LogP contribution in [-0.2, 0) is 16.1 Å². The van der Waals surface area contributed by atoms with E-state index in [0.29, 0.717) is 23.9 Å². The van der Waals surface area contributed by atoms with E-state index < -0.39 is 0 Å². The molecule has 1 saturated heterocycles. The summed E-state index contributed by atoms with van der Waals surface area (Å²) in [7, 11) is 1.71. The molecule has 2 amide bonds. The minimum atomic E-state index is -0.368. The summed E-state index contributed by atoms with van der Waals surface area (Å²) in [5, 5.41) is 3.33. The van der Waals surface area contributed by atoms with Crippen LogP contribution in [0.5, 0.6) is 0 Å². The summed E-state index contributed by atoms with van der Waals surface area (Å²) in [4.78, 5) is 33.3. The van der Waals surface area contributed by atoms with Crippen LogP contribution in [0.15, 0.2) is 42.6 Å². The van der Waals surface area contributed by atoms with Crippen molar-refractivity contribution in [3.05, 3.63) is 59.0 Å². The first-order chi connectivity index (χ1) is 14.3. The molecule has 1 aromatic carbocycles. The highest BCUT2D eigenvalue weighted by atomic mass is 35.5. The predicted molar refractivity (Wildman–Crippen MR) is 115 cm³/mol. The number of rotatable bonds is 6. The Morgan fingerprint density at radius 3 is 2.87 bits per heavy atom. The van der Waals surface area contributed by atoms with Crippen LogP contribution in [-0.4, -0.2) is 52.8 Å². The Labute approximate surface area is 181 Å². The number of piperidine rings is 1. The van der Waals surface area contributed by atoms with Gasteiger partial charge in [0.25, 0.3) is 0 Å². The molecule has 1 fully saturated rings. The third-order valence-electron chi connectivity index (χ3n) is 5.39. The zero-order valence-electron chi connectivity index (χ0n) is 17.1. The maximum Gasteiger partial charge on any atom is 0.239 e. The average Bonchev–Trinajstić information content (AvgIpc) is 2.74. The van der Waals surface area contributed by atoms with Gasteiger partial charge in [-0.3, -0.25) is 14.5 Å². The van der Waals surface area contributed by atoms with E-state index in [0.717, 1.165) is 24.9 Å². The van der Waals surface area contributed by atoms with E-state index in [2.05, 4.69) is 10.3 Å². The first-order valence-corrected chi connectivity index (χ1v) is 10.4. The molecule has 2 atom stereocenters. The number of halogens is 2. The number of nitrogens with zero attached hydrogens (tertiary/aromatic N) is 3. The second-order valence-electron chi connectivity index (χ2n) is 7.69. The third kappa shape index (κ3) is 5.77. The fourth-order valence-electron chi connectivity index (χ4n) is 3.71. The van der Waals surface area contributed by atoms with Crippen molar-refractivity contribution in [1.29, 1.82) is 0 Å². The maximum absolute atomic E-state index is 13.4. The molecule has 0 saturated carbocycles. The van der Waals surface area contributed by atoms with Gasteiger partial charge in [0.2, 0.25) is 11.8 Å². The van der Waals surface area contributed by atoms with Gasteiger partial charge >= 0.3 is 0 Å². The summed E-state index contributed by atoms with van der Waals surface area (Å²) >= 11 is 5.83. The summed E-state index contributed by atoms with van der Waals surface area (Å²) in [5.74, 6) is -0.246. The van der Waals surface area contributed by atoms with Crippen molar-refractivity contribution >= 4 is 29.2 Å². The molecule has 0 aliphatic carbocycles. The molecule has 1 N–H and O–H groups in total. The third-order valence-corrected chi connectivity index (χ3v) is 5.62. The Morgan fingerprint density at radius 2 is 2.17 bits per heavy atom. The van der Waals surface area contributed by atoms with Crippen LogP contribution in [0.4, 0.5) is 10.2 Å². The van der Waals surface area contributed by atoms with Crippen molar-refractivity contribution in [2.45, 2.75) is 32.4 Å². The number of nitrogens with one attached hydrogen (secondary N) is 1. The molecule has 3 rings (SSSR count). The smallest absolute Gasteiger partial charge is 0.239 e. The topological polar surface area (TPSA) is 65.5 Å². The number of benzene rings is 1. The van der Waals surface area contributed by atoms with Crippen molar-refractivity contribution in [2.24, 2.45) is 5.92 Å². The molecule has 1 aromatic heterocycles. The summed E-state index contributed by atoms with van der Waals surface area (Å²) in [5.41, 5.74) is 0.740. The van der Waals surface area contributed by atoms with Crippen molar-refractivity contribution in [3.63, 3.8) is 0 Å². The molecule has 0 radical (unpaired) electrons. The molecule has 2 aromatic rings.